The first-order valence-corrected chi connectivity index (χ1v) is 7.87. The lowest BCUT2D eigenvalue weighted by Crippen LogP contribution is -2.42. The van der Waals surface area contributed by atoms with Gasteiger partial charge in [-0.05, 0) is 50.4 Å². The zero-order chi connectivity index (χ0) is 13.8. The summed E-state index contributed by atoms with van der Waals surface area (Å²) in [5, 5.41) is 0. The number of hydrogen-bond donors (Lipinski definition) is 0. The number of hydrogen-bond acceptors (Lipinski definition) is 3. The molecule has 20 heavy (non-hydrogen) atoms. The maximum absolute atomic E-state index is 5.24. The first kappa shape index (κ1) is 14.1. The maximum Gasteiger partial charge on any atom is 0.363 e. The highest BCUT2D eigenvalue weighted by Crippen LogP contribution is 2.30. The van der Waals surface area contributed by atoms with Gasteiger partial charge in [-0.15, -0.1) is 0 Å². The van der Waals surface area contributed by atoms with Crippen LogP contribution in [0.5, 0.6) is 0 Å². The van der Waals surface area contributed by atoms with E-state index in [-0.39, 0.29) is 0 Å². The topological polar surface area (TPSA) is 15.7 Å². The Morgan fingerprint density at radius 3 is 2.50 bits per heavy atom. The molecule has 1 aromatic rings. The van der Waals surface area contributed by atoms with E-state index in [4.69, 9.17) is 4.65 Å². The highest BCUT2D eigenvalue weighted by molar-refractivity contribution is 6.23. The van der Waals surface area contributed by atoms with Crippen LogP contribution in [0.2, 0.25) is 0 Å². The molecule has 1 atom stereocenters. The predicted molar refractivity (Wildman–Crippen MR) is 84.1 cm³/mol. The molecule has 2 fully saturated rings. The minimum absolute atomic E-state index is 0.752. The Kier molecular flexibility index (Phi) is 4.76. The number of piperidine rings is 1. The van der Waals surface area contributed by atoms with Crippen LogP contribution in [0.15, 0.2) is 30.3 Å². The van der Waals surface area contributed by atoms with Crippen LogP contribution in [-0.4, -0.2) is 56.7 Å². The van der Waals surface area contributed by atoms with Crippen LogP contribution in [0, 0.1) is 0 Å². The molecule has 3 nitrogen and oxygen atoms in total. The molecule has 2 aliphatic rings. The Morgan fingerprint density at radius 2 is 1.80 bits per heavy atom. The van der Waals surface area contributed by atoms with E-state index in [1.54, 1.807) is 7.11 Å². The Bertz CT molecular complexity index is 406. The third-order valence-electron chi connectivity index (χ3n) is 4.88. The Labute approximate surface area is 123 Å². The molecule has 2 saturated heterocycles. The van der Waals surface area contributed by atoms with Gasteiger partial charge >= 0.3 is 7.62 Å². The number of rotatable bonds is 4. The van der Waals surface area contributed by atoms with Crippen LogP contribution in [0.3, 0.4) is 0 Å². The van der Waals surface area contributed by atoms with Crippen LogP contribution < -0.4 is 0 Å². The summed E-state index contributed by atoms with van der Waals surface area (Å²) in [5.74, 6) is 0.768. The molecule has 108 valence electrons. The molecule has 2 aliphatic heterocycles. The summed E-state index contributed by atoms with van der Waals surface area (Å²) in [7, 11) is 2.58. The summed E-state index contributed by atoms with van der Waals surface area (Å²) in [6, 6.07) is 11.8. The van der Waals surface area contributed by atoms with E-state index in [1.165, 1.54) is 51.0 Å². The third kappa shape index (κ3) is 3.25. The van der Waals surface area contributed by atoms with Gasteiger partial charge in [-0.1, -0.05) is 30.3 Å². The molecule has 0 radical (unpaired) electrons. The van der Waals surface area contributed by atoms with Crippen molar-refractivity contribution in [1.82, 2.24) is 9.71 Å². The summed E-state index contributed by atoms with van der Waals surface area (Å²) in [5.41, 5.74) is 1.53. The molecular weight excluding hydrogens is 247 g/mol. The molecule has 0 aromatic heterocycles. The second kappa shape index (κ2) is 6.75. The van der Waals surface area contributed by atoms with Gasteiger partial charge in [0.15, 0.2) is 0 Å². The molecule has 0 saturated carbocycles. The zero-order valence-electron chi connectivity index (χ0n) is 12.5. The summed E-state index contributed by atoms with van der Waals surface area (Å²) >= 11 is 0. The average molecular weight is 272 g/mol. The Balaban J connectivity index is 1.49. The van der Waals surface area contributed by atoms with Gasteiger partial charge in [-0.2, -0.15) is 0 Å². The summed E-state index contributed by atoms with van der Waals surface area (Å²) in [4.78, 5) is 5.13. The van der Waals surface area contributed by atoms with Crippen LogP contribution >= 0.6 is 0 Å². The van der Waals surface area contributed by atoms with Crippen molar-refractivity contribution in [2.45, 2.75) is 31.2 Å². The molecule has 0 bridgehead atoms. The van der Waals surface area contributed by atoms with Gasteiger partial charge in [0.05, 0.1) is 0 Å². The fourth-order valence-electron chi connectivity index (χ4n) is 3.73. The van der Waals surface area contributed by atoms with Gasteiger partial charge < -0.3 is 9.47 Å². The largest absolute Gasteiger partial charge is 0.427 e. The molecular formula is C16H25BN2O. The molecule has 2 heterocycles. The van der Waals surface area contributed by atoms with E-state index in [0.717, 1.165) is 19.6 Å². The summed E-state index contributed by atoms with van der Waals surface area (Å²) in [6.45, 7) is 4.89. The number of benzene rings is 1. The second-order valence-corrected chi connectivity index (χ2v) is 6.16. The lowest BCUT2D eigenvalue weighted by molar-refractivity contribution is 0.157. The predicted octanol–water partition coefficient (Wildman–Crippen LogP) is 1.85. The molecule has 1 aromatic carbocycles. The van der Waals surface area contributed by atoms with E-state index >= 15 is 0 Å². The van der Waals surface area contributed by atoms with Gasteiger partial charge in [-0.25, -0.2) is 0 Å². The maximum atomic E-state index is 5.24. The SMILES string of the molecule is COBN1CCC(N2CCC(c3ccccc3)CC2)C1. The van der Waals surface area contributed by atoms with Crippen molar-refractivity contribution in [3.05, 3.63) is 35.9 Å². The van der Waals surface area contributed by atoms with E-state index < -0.39 is 0 Å². The minimum atomic E-state index is 0.752. The van der Waals surface area contributed by atoms with Crippen LogP contribution in [0.25, 0.3) is 0 Å². The lowest BCUT2D eigenvalue weighted by Gasteiger charge is -2.36. The first-order chi connectivity index (χ1) is 9.86. The van der Waals surface area contributed by atoms with Crippen LogP contribution in [0.1, 0.15) is 30.7 Å². The molecule has 3 rings (SSSR count). The third-order valence-corrected chi connectivity index (χ3v) is 4.88. The summed E-state index contributed by atoms with van der Waals surface area (Å²) < 4.78 is 5.24. The fourth-order valence-corrected chi connectivity index (χ4v) is 3.73. The molecule has 1 unspecified atom stereocenters. The average Bonchev–Trinajstić information content (AvgIpc) is 2.97. The standard InChI is InChI=1S/C16H25BN2O/c1-20-17-19-12-9-16(13-19)18-10-7-15(8-11-18)14-5-3-2-4-6-14/h2-6,15-17H,7-13H2,1H3. The number of likely N-dealkylation sites (tertiary alicyclic amines) is 1. The molecule has 0 spiro atoms. The highest BCUT2D eigenvalue weighted by Gasteiger charge is 2.30. The minimum Gasteiger partial charge on any atom is -0.427 e. The molecule has 0 aliphatic carbocycles. The van der Waals surface area contributed by atoms with Crippen molar-refractivity contribution in [1.29, 1.82) is 0 Å². The second-order valence-electron chi connectivity index (χ2n) is 6.16. The van der Waals surface area contributed by atoms with Crippen molar-refractivity contribution >= 4 is 7.62 Å². The van der Waals surface area contributed by atoms with Crippen molar-refractivity contribution < 1.29 is 4.65 Å². The van der Waals surface area contributed by atoms with E-state index in [9.17, 15) is 0 Å². The number of nitrogens with zero attached hydrogens (tertiary/aromatic N) is 2. The van der Waals surface area contributed by atoms with Gasteiger partial charge in [0, 0.05) is 19.7 Å². The van der Waals surface area contributed by atoms with Gasteiger partial charge in [0.25, 0.3) is 0 Å². The van der Waals surface area contributed by atoms with Crippen molar-refractivity contribution in [2.24, 2.45) is 0 Å². The monoisotopic (exact) mass is 272 g/mol. The van der Waals surface area contributed by atoms with Crippen LogP contribution in [0.4, 0.5) is 0 Å². The van der Waals surface area contributed by atoms with Crippen molar-refractivity contribution in [3.63, 3.8) is 0 Å². The van der Waals surface area contributed by atoms with E-state index in [0.29, 0.717) is 0 Å². The summed E-state index contributed by atoms with van der Waals surface area (Å²) in [6.07, 6.45) is 3.93. The zero-order valence-corrected chi connectivity index (χ0v) is 12.5. The Hall–Kier alpha value is -0.835. The van der Waals surface area contributed by atoms with E-state index in [1.807, 2.05) is 0 Å². The molecule has 4 heteroatoms. The van der Waals surface area contributed by atoms with Crippen molar-refractivity contribution in [2.75, 3.05) is 33.3 Å². The molecule has 0 N–H and O–H groups in total. The quantitative estimate of drug-likeness (QED) is 0.778. The normalized spacial score (nSPS) is 25.9. The van der Waals surface area contributed by atoms with E-state index in [2.05, 4.69) is 40.0 Å². The smallest absolute Gasteiger partial charge is 0.363 e. The lowest BCUT2D eigenvalue weighted by atomic mass is 9.89. The van der Waals surface area contributed by atoms with Crippen LogP contribution in [-0.2, 0) is 4.65 Å². The Morgan fingerprint density at radius 1 is 1.05 bits per heavy atom. The van der Waals surface area contributed by atoms with Gasteiger partial charge in [-0.3, -0.25) is 4.90 Å². The highest BCUT2D eigenvalue weighted by atomic mass is 16.4. The van der Waals surface area contributed by atoms with Crippen molar-refractivity contribution in [3.8, 4) is 0 Å². The van der Waals surface area contributed by atoms with Gasteiger partial charge in [0.2, 0.25) is 0 Å². The van der Waals surface area contributed by atoms with Gasteiger partial charge in [0.1, 0.15) is 0 Å². The molecule has 0 amide bonds. The fraction of sp³-hybridized carbons (Fsp3) is 0.625. The first-order valence-electron chi connectivity index (χ1n) is 7.87.